The fraction of sp³-hybridized carbons (Fsp3) is 1.00. The normalized spacial score (nSPS) is 20.3. The highest BCUT2D eigenvalue weighted by atomic mass is 14.2. The molecule has 1 aliphatic carbocycles. The zero-order valence-corrected chi connectivity index (χ0v) is 14.3. The zero-order valence-electron chi connectivity index (χ0n) is 14.3. The largest absolute Gasteiger partial charge is 0.0776 e. The summed E-state index contributed by atoms with van der Waals surface area (Å²) in [5.74, 6) is 2.99. The van der Waals surface area contributed by atoms with Crippen LogP contribution in [-0.4, -0.2) is 0 Å². The van der Waals surface area contributed by atoms with Gasteiger partial charge in [0.05, 0.1) is 0 Å². The topological polar surface area (TPSA) is 0 Å². The summed E-state index contributed by atoms with van der Waals surface area (Å²) in [4.78, 5) is 0. The van der Waals surface area contributed by atoms with E-state index >= 15 is 0 Å². The molecule has 0 radical (unpaired) electrons. The van der Waals surface area contributed by atoms with Crippen molar-refractivity contribution in [3.05, 3.63) is 0 Å². The maximum atomic E-state index is 2.37. The van der Waals surface area contributed by atoms with Crippen molar-refractivity contribution >= 4 is 0 Å². The molecule has 1 fully saturated rings. The van der Waals surface area contributed by atoms with Crippen molar-refractivity contribution in [2.45, 2.75) is 102 Å². The summed E-state index contributed by atoms with van der Waals surface area (Å²) in [6.45, 7) is 19.3. The second kappa shape index (κ2) is 22.2. The molecule has 2 atom stereocenters. The minimum absolute atomic E-state index is 0. The summed E-state index contributed by atoms with van der Waals surface area (Å²) in [6.07, 6.45) is 7.19. The molecule has 0 aromatic carbocycles. The van der Waals surface area contributed by atoms with E-state index in [1.807, 2.05) is 27.7 Å². The lowest BCUT2D eigenvalue weighted by atomic mass is 10.0. The molecule has 0 bridgehead atoms. The van der Waals surface area contributed by atoms with E-state index in [4.69, 9.17) is 0 Å². The van der Waals surface area contributed by atoms with Crippen LogP contribution in [0.2, 0.25) is 0 Å². The molecule has 0 N–H and O–H groups in total. The zero-order chi connectivity index (χ0) is 14.3. The summed E-state index contributed by atoms with van der Waals surface area (Å²) in [6, 6.07) is 0. The highest BCUT2D eigenvalue weighted by Gasteiger charge is 2.18. The summed E-state index contributed by atoms with van der Waals surface area (Å²) in [7, 11) is 0. The highest BCUT2D eigenvalue weighted by molar-refractivity contribution is 4.70. The van der Waals surface area contributed by atoms with Gasteiger partial charge in [-0.15, -0.1) is 0 Å². The average Bonchev–Trinajstić information content (AvgIpc) is 2.81. The van der Waals surface area contributed by atoms with Crippen LogP contribution in [-0.2, 0) is 0 Å². The van der Waals surface area contributed by atoms with E-state index < -0.39 is 0 Å². The molecule has 1 saturated carbocycles. The van der Waals surface area contributed by atoms with Gasteiger partial charge in [0.15, 0.2) is 0 Å². The monoisotopic (exact) mass is 260 g/mol. The van der Waals surface area contributed by atoms with Crippen LogP contribution in [0.15, 0.2) is 0 Å². The Labute approximate surface area is 120 Å². The van der Waals surface area contributed by atoms with E-state index in [1.165, 1.54) is 32.1 Å². The van der Waals surface area contributed by atoms with E-state index in [2.05, 4.69) is 34.6 Å². The molecule has 0 spiro atoms. The molecule has 0 nitrogen and oxygen atoms in total. The molecule has 0 aromatic rings. The van der Waals surface area contributed by atoms with Crippen molar-refractivity contribution in [3.8, 4) is 0 Å². The first-order valence-electron chi connectivity index (χ1n) is 8.10. The van der Waals surface area contributed by atoms with Crippen LogP contribution >= 0.6 is 0 Å². The van der Waals surface area contributed by atoms with Crippen LogP contribution in [0.5, 0.6) is 0 Å². The molecule has 116 valence electrons. The third-order valence-corrected chi connectivity index (χ3v) is 3.20. The maximum absolute atomic E-state index is 2.37. The van der Waals surface area contributed by atoms with Gasteiger partial charge >= 0.3 is 0 Å². The highest BCUT2D eigenvalue weighted by Crippen LogP contribution is 2.31. The standard InChI is InChI=1S/C8H16.C5H12.2C2H6.CH4/c1-3-8-5-4-7(2)6-8;1-4-5(2)3;2*1-2;/h7-8H,3-6H2,1-2H3;5H,4H2,1-3H3;2*1-2H3;1H4. The molecule has 0 heteroatoms. The van der Waals surface area contributed by atoms with E-state index in [1.54, 1.807) is 0 Å². The molecule has 0 aliphatic heterocycles. The van der Waals surface area contributed by atoms with Crippen molar-refractivity contribution in [2.24, 2.45) is 17.8 Å². The first kappa shape index (κ1) is 26.5. The van der Waals surface area contributed by atoms with Crippen LogP contribution < -0.4 is 0 Å². The first-order valence-corrected chi connectivity index (χ1v) is 8.10. The fourth-order valence-electron chi connectivity index (χ4n) is 1.70. The Balaban J connectivity index is -0.0000000863. The van der Waals surface area contributed by atoms with E-state index in [0.717, 1.165) is 17.8 Å². The number of hydrogen-bond donors (Lipinski definition) is 0. The van der Waals surface area contributed by atoms with Crippen LogP contribution in [0.1, 0.15) is 102 Å². The summed E-state index contributed by atoms with van der Waals surface area (Å²) in [5, 5.41) is 0. The molecule has 1 rings (SSSR count). The van der Waals surface area contributed by atoms with Gasteiger partial charge in [-0.3, -0.25) is 0 Å². The van der Waals surface area contributed by atoms with E-state index in [9.17, 15) is 0 Å². The summed E-state index contributed by atoms with van der Waals surface area (Å²) < 4.78 is 0. The Morgan fingerprint density at radius 2 is 1.33 bits per heavy atom. The molecule has 1 aliphatic rings. The van der Waals surface area contributed by atoms with Gasteiger partial charge in [0.2, 0.25) is 0 Å². The van der Waals surface area contributed by atoms with Crippen LogP contribution in [0.3, 0.4) is 0 Å². The van der Waals surface area contributed by atoms with E-state index in [0.29, 0.717) is 0 Å². The molecular formula is C18H44. The second-order valence-corrected chi connectivity index (χ2v) is 4.99. The van der Waals surface area contributed by atoms with Gasteiger partial charge < -0.3 is 0 Å². The Kier molecular flexibility index (Phi) is 32.7. The lowest BCUT2D eigenvalue weighted by Gasteiger charge is -2.02. The minimum Gasteiger partial charge on any atom is -0.0776 e. The molecular weight excluding hydrogens is 216 g/mol. The number of hydrogen-bond acceptors (Lipinski definition) is 0. The third kappa shape index (κ3) is 21.3. The van der Waals surface area contributed by atoms with Gasteiger partial charge in [-0.2, -0.15) is 0 Å². The second-order valence-electron chi connectivity index (χ2n) is 4.99. The SMILES string of the molecule is C.CC.CC.CCC(C)C.CCC1CCC(C)C1. The smallest absolute Gasteiger partial charge is 0.0414 e. The van der Waals surface area contributed by atoms with Crippen molar-refractivity contribution in [3.63, 3.8) is 0 Å². The predicted octanol–water partition coefficient (Wildman–Crippen LogP) is 7.57. The van der Waals surface area contributed by atoms with Crippen molar-refractivity contribution < 1.29 is 0 Å². The Morgan fingerprint density at radius 3 is 1.44 bits per heavy atom. The van der Waals surface area contributed by atoms with Gasteiger partial charge in [0, 0.05) is 0 Å². The summed E-state index contributed by atoms with van der Waals surface area (Å²) >= 11 is 0. The molecule has 18 heavy (non-hydrogen) atoms. The third-order valence-electron chi connectivity index (χ3n) is 3.20. The van der Waals surface area contributed by atoms with Crippen LogP contribution in [0.25, 0.3) is 0 Å². The predicted molar refractivity (Wildman–Crippen MR) is 91.4 cm³/mol. The Morgan fingerprint density at radius 1 is 0.944 bits per heavy atom. The van der Waals surface area contributed by atoms with Crippen LogP contribution in [0.4, 0.5) is 0 Å². The minimum atomic E-state index is 0. The van der Waals surface area contributed by atoms with Gasteiger partial charge in [0.1, 0.15) is 0 Å². The van der Waals surface area contributed by atoms with Crippen molar-refractivity contribution in [1.29, 1.82) is 0 Å². The lowest BCUT2D eigenvalue weighted by molar-refractivity contribution is 0.501. The van der Waals surface area contributed by atoms with Crippen LogP contribution in [0, 0.1) is 17.8 Å². The quantitative estimate of drug-likeness (QED) is 0.480. The van der Waals surface area contributed by atoms with Crippen molar-refractivity contribution in [2.75, 3.05) is 0 Å². The van der Waals surface area contributed by atoms with Gasteiger partial charge in [-0.25, -0.2) is 0 Å². The molecule has 0 aromatic heterocycles. The summed E-state index contributed by atoms with van der Waals surface area (Å²) in [5.41, 5.74) is 0. The number of rotatable bonds is 2. The molecule has 0 saturated heterocycles. The van der Waals surface area contributed by atoms with Crippen molar-refractivity contribution in [1.82, 2.24) is 0 Å². The molecule has 0 amide bonds. The molecule has 0 heterocycles. The molecule has 2 unspecified atom stereocenters. The van der Waals surface area contributed by atoms with Gasteiger partial charge in [0.25, 0.3) is 0 Å². The average molecular weight is 261 g/mol. The maximum Gasteiger partial charge on any atom is -0.0414 e. The lowest BCUT2D eigenvalue weighted by Crippen LogP contribution is -1.89. The Bertz CT molecular complexity index is 105. The fourth-order valence-corrected chi connectivity index (χ4v) is 1.70. The Hall–Kier alpha value is 0. The van der Waals surface area contributed by atoms with Gasteiger partial charge in [-0.1, -0.05) is 95.4 Å². The van der Waals surface area contributed by atoms with E-state index in [-0.39, 0.29) is 7.43 Å². The van der Waals surface area contributed by atoms with Gasteiger partial charge in [-0.05, 0) is 24.2 Å². The first-order chi connectivity index (χ1) is 8.10.